The van der Waals surface area contributed by atoms with Gasteiger partial charge in [-0.1, -0.05) is 80.0 Å². The van der Waals surface area contributed by atoms with Crippen LogP contribution in [0, 0.1) is 24.7 Å². The third-order valence-electron chi connectivity index (χ3n) is 8.43. The average Bonchev–Trinajstić information content (AvgIpc) is 3.20. The Morgan fingerprint density at radius 3 is 1.82 bits per heavy atom. The molecule has 7 rings (SSSR count). The smallest absolute Gasteiger partial charge is 0.330 e. The fraction of sp³-hybridized carbons (Fsp3) is 0.312. The number of rotatable bonds is 6. The van der Waals surface area contributed by atoms with Gasteiger partial charge in [0.2, 0.25) is 11.8 Å². The fourth-order valence-corrected chi connectivity index (χ4v) is 6.92. The average molecular weight is 557 g/mol. The van der Waals surface area contributed by atoms with Gasteiger partial charge in [-0.25, -0.2) is 4.79 Å². The molecule has 1 fully saturated rings. The molecule has 3 amide bonds. The van der Waals surface area contributed by atoms with Crippen LogP contribution in [0.2, 0.25) is 5.02 Å². The molecule has 3 aromatic carbocycles. The Kier molecular flexibility index (Phi) is 6.50. The zero-order valence-electron chi connectivity index (χ0n) is 22.4. The lowest BCUT2D eigenvalue weighted by atomic mass is 9.55. The van der Waals surface area contributed by atoms with Gasteiger partial charge >= 0.3 is 5.97 Å². The first-order valence-corrected chi connectivity index (χ1v) is 13.8. The summed E-state index contributed by atoms with van der Waals surface area (Å²) in [5, 5.41) is 3.15. The van der Waals surface area contributed by atoms with Crippen molar-refractivity contribution in [3.8, 4) is 0 Å². The molecule has 4 aliphatic rings. The molecule has 2 bridgehead atoms. The zero-order chi connectivity index (χ0) is 28.3. The molecule has 3 atom stereocenters. The Hall–Kier alpha value is -3.97. The first-order valence-electron chi connectivity index (χ1n) is 13.5. The standard InChI is InChI=1S/C32H29ClN2O5/c1-16(2)29(32(39)40-15-24(36)34-18-13-12-17(3)23(33)14-18)35-30(37)27-25-19-8-4-5-9-20(19)26(28(27)31(35)38)22-11-7-6-10-21(22)25/h4-14,16,25-29H,15H2,1-3H3,(H,34,36)/t25?,26?,27-,28-,29+/m1/s1. The number of carbonyl (C=O) groups is 4. The van der Waals surface area contributed by atoms with Crippen molar-refractivity contribution in [2.75, 3.05) is 11.9 Å². The van der Waals surface area contributed by atoms with E-state index < -0.39 is 42.3 Å². The molecule has 0 radical (unpaired) electrons. The highest BCUT2D eigenvalue weighted by Crippen LogP contribution is 2.61. The van der Waals surface area contributed by atoms with Crippen molar-refractivity contribution in [3.63, 3.8) is 0 Å². The number of anilines is 1. The number of aryl methyl sites for hydroxylation is 1. The Bertz CT molecular complexity index is 1450. The van der Waals surface area contributed by atoms with Crippen LogP contribution >= 0.6 is 11.6 Å². The maximum atomic E-state index is 14.1. The van der Waals surface area contributed by atoms with E-state index in [9.17, 15) is 19.2 Å². The molecule has 3 aliphatic carbocycles. The van der Waals surface area contributed by atoms with E-state index in [2.05, 4.69) is 5.32 Å². The number of imide groups is 1. The van der Waals surface area contributed by atoms with E-state index in [1.807, 2.05) is 55.5 Å². The van der Waals surface area contributed by atoms with E-state index in [-0.39, 0.29) is 23.7 Å². The number of hydrogen-bond acceptors (Lipinski definition) is 5. The van der Waals surface area contributed by atoms with Gasteiger partial charge in [0.05, 0.1) is 11.8 Å². The predicted octanol–water partition coefficient (Wildman–Crippen LogP) is 5.05. The van der Waals surface area contributed by atoms with E-state index in [1.165, 1.54) is 0 Å². The molecule has 1 aliphatic heterocycles. The minimum absolute atomic E-state index is 0.264. The predicted molar refractivity (Wildman–Crippen MR) is 150 cm³/mol. The van der Waals surface area contributed by atoms with Gasteiger partial charge in [0.25, 0.3) is 5.91 Å². The number of nitrogens with one attached hydrogen (secondary N) is 1. The zero-order valence-corrected chi connectivity index (χ0v) is 23.1. The second-order valence-corrected chi connectivity index (χ2v) is 11.5. The molecule has 0 aromatic heterocycles. The van der Waals surface area contributed by atoms with Gasteiger partial charge in [0, 0.05) is 22.5 Å². The number of nitrogens with zero attached hydrogens (tertiary/aromatic N) is 1. The second kappa shape index (κ2) is 9.89. The summed E-state index contributed by atoms with van der Waals surface area (Å²) < 4.78 is 5.38. The summed E-state index contributed by atoms with van der Waals surface area (Å²) in [6.07, 6.45) is 0. The molecule has 0 unspecified atom stereocenters. The minimum Gasteiger partial charge on any atom is -0.454 e. The third-order valence-corrected chi connectivity index (χ3v) is 8.84. The molecule has 3 aromatic rings. The molecular formula is C32H29ClN2O5. The van der Waals surface area contributed by atoms with Gasteiger partial charge in [-0.3, -0.25) is 19.3 Å². The van der Waals surface area contributed by atoms with Crippen LogP contribution < -0.4 is 5.32 Å². The largest absolute Gasteiger partial charge is 0.454 e. The quantitative estimate of drug-likeness (QED) is 0.339. The van der Waals surface area contributed by atoms with E-state index >= 15 is 0 Å². The monoisotopic (exact) mass is 556 g/mol. The van der Waals surface area contributed by atoms with Crippen LogP contribution in [0.25, 0.3) is 0 Å². The van der Waals surface area contributed by atoms with Crippen LogP contribution in [0.1, 0.15) is 53.5 Å². The summed E-state index contributed by atoms with van der Waals surface area (Å²) >= 11 is 6.13. The van der Waals surface area contributed by atoms with Crippen LogP contribution in [0.3, 0.4) is 0 Å². The molecule has 40 heavy (non-hydrogen) atoms. The van der Waals surface area contributed by atoms with Crippen molar-refractivity contribution in [1.29, 1.82) is 0 Å². The molecule has 1 saturated heterocycles. The number of benzene rings is 3. The molecule has 1 heterocycles. The number of amides is 3. The summed E-state index contributed by atoms with van der Waals surface area (Å²) in [5.74, 6) is -4.17. The summed E-state index contributed by atoms with van der Waals surface area (Å²) in [4.78, 5) is 55.1. The second-order valence-electron chi connectivity index (χ2n) is 11.1. The number of carbonyl (C=O) groups excluding carboxylic acids is 4. The number of ether oxygens (including phenoxy) is 1. The van der Waals surface area contributed by atoms with E-state index in [0.29, 0.717) is 10.7 Å². The number of halogens is 1. The summed E-state index contributed by atoms with van der Waals surface area (Å²) in [6.45, 7) is 4.82. The van der Waals surface area contributed by atoms with Crippen molar-refractivity contribution in [1.82, 2.24) is 4.90 Å². The maximum absolute atomic E-state index is 14.1. The third kappa shape index (κ3) is 4.03. The van der Waals surface area contributed by atoms with Gasteiger partial charge < -0.3 is 10.1 Å². The van der Waals surface area contributed by atoms with E-state index in [4.69, 9.17) is 16.3 Å². The summed E-state index contributed by atoms with van der Waals surface area (Å²) in [7, 11) is 0. The molecule has 204 valence electrons. The Morgan fingerprint density at radius 2 is 1.38 bits per heavy atom. The number of hydrogen-bond donors (Lipinski definition) is 1. The Balaban J connectivity index is 1.25. The van der Waals surface area contributed by atoms with Crippen LogP contribution in [-0.2, 0) is 23.9 Å². The lowest BCUT2D eigenvalue weighted by molar-refractivity contribution is -0.162. The molecule has 8 heteroatoms. The SMILES string of the molecule is Cc1ccc(NC(=O)COC(=O)[C@H](C(C)C)N2C(=O)[C@@H]3C4c5ccccc5C(c5ccccc54)[C@H]3C2=O)cc1Cl. The molecule has 7 nitrogen and oxygen atoms in total. The van der Waals surface area contributed by atoms with E-state index in [0.717, 1.165) is 32.7 Å². The topological polar surface area (TPSA) is 92.8 Å². The van der Waals surface area contributed by atoms with Gasteiger partial charge in [-0.2, -0.15) is 0 Å². The van der Waals surface area contributed by atoms with Crippen molar-refractivity contribution < 1.29 is 23.9 Å². The summed E-state index contributed by atoms with van der Waals surface area (Å²) in [5.41, 5.74) is 5.59. The van der Waals surface area contributed by atoms with Crippen molar-refractivity contribution in [2.45, 2.75) is 38.6 Å². The number of likely N-dealkylation sites (tertiary alicyclic amines) is 1. The van der Waals surface area contributed by atoms with Crippen LogP contribution in [-0.4, -0.2) is 41.2 Å². The van der Waals surface area contributed by atoms with Crippen molar-refractivity contribution >= 4 is 41.0 Å². The van der Waals surface area contributed by atoms with Gasteiger partial charge in [0.1, 0.15) is 6.04 Å². The fourth-order valence-electron chi connectivity index (χ4n) is 6.74. The summed E-state index contributed by atoms with van der Waals surface area (Å²) in [6, 6.07) is 19.9. The molecule has 1 N–H and O–H groups in total. The lowest BCUT2D eigenvalue weighted by Crippen LogP contribution is -2.49. The first-order chi connectivity index (χ1) is 19.2. The molecular weight excluding hydrogens is 528 g/mol. The molecule has 0 spiro atoms. The van der Waals surface area contributed by atoms with Gasteiger partial charge in [-0.15, -0.1) is 0 Å². The lowest BCUT2D eigenvalue weighted by Gasteiger charge is -2.45. The van der Waals surface area contributed by atoms with Crippen LogP contribution in [0.5, 0.6) is 0 Å². The minimum atomic E-state index is -1.14. The maximum Gasteiger partial charge on any atom is 0.330 e. The Morgan fingerprint density at radius 1 is 0.875 bits per heavy atom. The molecule has 0 saturated carbocycles. The highest BCUT2D eigenvalue weighted by molar-refractivity contribution is 6.31. The highest BCUT2D eigenvalue weighted by atomic mass is 35.5. The van der Waals surface area contributed by atoms with Crippen LogP contribution in [0.15, 0.2) is 66.7 Å². The van der Waals surface area contributed by atoms with E-state index in [1.54, 1.807) is 32.0 Å². The van der Waals surface area contributed by atoms with Gasteiger partial charge in [0.15, 0.2) is 6.61 Å². The van der Waals surface area contributed by atoms with Crippen molar-refractivity contribution in [3.05, 3.63) is 99.6 Å². The normalized spacial score (nSPS) is 23.0. The Labute approximate surface area is 237 Å². The van der Waals surface area contributed by atoms with Gasteiger partial charge in [-0.05, 0) is 52.8 Å². The number of esters is 1. The highest BCUT2D eigenvalue weighted by Gasteiger charge is 2.63. The first kappa shape index (κ1) is 26.3. The van der Waals surface area contributed by atoms with Crippen LogP contribution in [0.4, 0.5) is 5.69 Å². The van der Waals surface area contributed by atoms with Crippen molar-refractivity contribution in [2.24, 2.45) is 17.8 Å².